The summed E-state index contributed by atoms with van der Waals surface area (Å²) in [6.45, 7) is 8.26. The van der Waals surface area contributed by atoms with Crippen LogP contribution in [0.15, 0.2) is 18.2 Å². The highest BCUT2D eigenvalue weighted by Gasteiger charge is 2.23. The maximum absolute atomic E-state index is 12.1. The molecule has 0 saturated heterocycles. The van der Waals surface area contributed by atoms with Gasteiger partial charge in [-0.05, 0) is 36.8 Å². The highest BCUT2D eigenvalue weighted by atomic mass is 16.3. The van der Waals surface area contributed by atoms with Crippen LogP contribution in [0, 0.1) is 0 Å². The van der Waals surface area contributed by atoms with E-state index in [1.807, 2.05) is 32.0 Å². The van der Waals surface area contributed by atoms with Crippen molar-refractivity contribution in [3.8, 4) is 0 Å². The lowest BCUT2D eigenvalue weighted by molar-refractivity contribution is 0.0354. The van der Waals surface area contributed by atoms with E-state index >= 15 is 0 Å². The van der Waals surface area contributed by atoms with Crippen LogP contribution in [0.25, 0.3) is 0 Å². The molecule has 0 aliphatic rings. The molecule has 2 amide bonds. The predicted octanol–water partition coefficient (Wildman–Crippen LogP) is 3.48. The van der Waals surface area contributed by atoms with Crippen molar-refractivity contribution in [3.63, 3.8) is 0 Å². The summed E-state index contributed by atoms with van der Waals surface area (Å²) >= 11 is 0. The average molecular weight is 292 g/mol. The van der Waals surface area contributed by atoms with Gasteiger partial charge in [0.15, 0.2) is 0 Å². The van der Waals surface area contributed by atoms with Gasteiger partial charge in [-0.2, -0.15) is 0 Å². The summed E-state index contributed by atoms with van der Waals surface area (Å²) in [4.78, 5) is 12.1. The number of aryl methyl sites for hydroxylation is 2. The Kier molecular flexibility index (Phi) is 6.69. The summed E-state index contributed by atoms with van der Waals surface area (Å²) in [5, 5.41) is 15.9. The van der Waals surface area contributed by atoms with Gasteiger partial charge in [0.25, 0.3) is 0 Å². The monoisotopic (exact) mass is 292 g/mol. The number of carbonyl (C=O) groups is 1. The molecule has 0 bridgehead atoms. The lowest BCUT2D eigenvalue weighted by Crippen LogP contribution is -2.43. The van der Waals surface area contributed by atoms with E-state index < -0.39 is 5.60 Å². The van der Waals surface area contributed by atoms with Gasteiger partial charge in [-0.3, -0.25) is 0 Å². The molecule has 1 rings (SSSR count). The molecule has 4 nitrogen and oxygen atoms in total. The summed E-state index contributed by atoms with van der Waals surface area (Å²) in [6.07, 6.45) is 2.99. The van der Waals surface area contributed by atoms with Crippen molar-refractivity contribution < 1.29 is 9.90 Å². The Morgan fingerprint density at radius 1 is 1.10 bits per heavy atom. The van der Waals surface area contributed by atoms with Crippen LogP contribution in [0.3, 0.4) is 0 Å². The number of para-hydroxylation sites is 1. The summed E-state index contributed by atoms with van der Waals surface area (Å²) < 4.78 is 0. The number of hydrogen-bond donors (Lipinski definition) is 3. The second-order valence-corrected chi connectivity index (χ2v) is 5.40. The first-order chi connectivity index (χ1) is 9.99. The molecule has 0 aromatic heterocycles. The number of benzene rings is 1. The second kappa shape index (κ2) is 8.03. The van der Waals surface area contributed by atoms with Crippen molar-refractivity contribution in [2.24, 2.45) is 0 Å². The molecular formula is C17H28N2O2. The van der Waals surface area contributed by atoms with Gasteiger partial charge in [0, 0.05) is 12.2 Å². The van der Waals surface area contributed by atoms with Crippen molar-refractivity contribution in [1.29, 1.82) is 0 Å². The van der Waals surface area contributed by atoms with Crippen LogP contribution in [0.1, 0.15) is 51.7 Å². The number of aliphatic hydroxyl groups is 1. The third kappa shape index (κ3) is 4.74. The third-order valence-corrected chi connectivity index (χ3v) is 4.13. The zero-order chi connectivity index (χ0) is 15.9. The molecule has 0 aliphatic heterocycles. The molecule has 0 radical (unpaired) electrons. The smallest absolute Gasteiger partial charge is 0.319 e. The standard InChI is InChI=1S/C17H28N2O2/c1-5-13-10-9-11-14(6-2)15(13)19-16(20)18-12-17(21,7-3)8-4/h9-11,21H,5-8,12H2,1-4H3,(H2,18,19,20). The summed E-state index contributed by atoms with van der Waals surface area (Å²) in [6, 6.07) is 5.82. The molecule has 4 heteroatoms. The third-order valence-electron chi connectivity index (χ3n) is 4.13. The fraction of sp³-hybridized carbons (Fsp3) is 0.588. The van der Waals surface area contributed by atoms with Gasteiger partial charge in [0.1, 0.15) is 0 Å². The predicted molar refractivity (Wildman–Crippen MR) is 87.8 cm³/mol. The molecule has 0 atom stereocenters. The molecule has 0 unspecified atom stereocenters. The van der Waals surface area contributed by atoms with Crippen molar-refractivity contribution in [3.05, 3.63) is 29.3 Å². The van der Waals surface area contributed by atoms with Gasteiger partial charge in [0.2, 0.25) is 0 Å². The number of rotatable bonds is 7. The van der Waals surface area contributed by atoms with Crippen LogP contribution in [0.2, 0.25) is 0 Å². The quantitative estimate of drug-likeness (QED) is 0.720. The lowest BCUT2D eigenvalue weighted by atomic mass is 9.98. The van der Waals surface area contributed by atoms with E-state index in [0.717, 1.165) is 29.7 Å². The zero-order valence-electron chi connectivity index (χ0n) is 13.6. The minimum Gasteiger partial charge on any atom is -0.388 e. The van der Waals surface area contributed by atoms with Crippen LogP contribution >= 0.6 is 0 Å². The van der Waals surface area contributed by atoms with Crippen LogP contribution in [0.5, 0.6) is 0 Å². The Hall–Kier alpha value is -1.55. The highest BCUT2D eigenvalue weighted by Crippen LogP contribution is 2.22. The van der Waals surface area contributed by atoms with Gasteiger partial charge in [0.05, 0.1) is 5.60 Å². The lowest BCUT2D eigenvalue weighted by Gasteiger charge is -2.25. The van der Waals surface area contributed by atoms with Crippen molar-refractivity contribution in [2.75, 3.05) is 11.9 Å². The largest absolute Gasteiger partial charge is 0.388 e. The van der Waals surface area contributed by atoms with Crippen LogP contribution in [-0.2, 0) is 12.8 Å². The van der Waals surface area contributed by atoms with Crippen molar-refractivity contribution in [1.82, 2.24) is 5.32 Å². The molecular weight excluding hydrogens is 264 g/mol. The van der Waals surface area contributed by atoms with E-state index in [9.17, 15) is 9.90 Å². The van der Waals surface area contributed by atoms with E-state index in [4.69, 9.17) is 0 Å². The Morgan fingerprint density at radius 2 is 1.62 bits per heavy atom. The van der Waals surface area contributed by atoms with Gasteiger partial charge in [-0.1, -0.05) is 45.9 Å². The first-order valence-electron chi connectivity index (χ1n) is 7.87. The fourth-order valence-corrected chi connectivity index (χ4v) is 2.31. The normalized spacial score (nSPS) is 11.3. The second-order valence-electron chi connectivity index (χ2n) is 5.40. The maximum atomic E-state index is 12.1. The number of anilines is 1. The molecule has 3 N–H and O–H groups in total. The van der Waals surface area contributed by atoms with Gasteiger partial charge < -0.3 is 15.7 Å². The van der Waals surface area contributed by atoms with Crippen LogP contribution in [-0.4, -0.2) is 23.3 Å². The molecule has 118 valence electrons. The molecule has 0 fully saturated rings. The number of carbonyl (C=O) groups excluding carboxylic acids is 1. The first kappa shape index (κ1) is 17.5. The number of hydrogen-bond acceptors (Lipinski definition) is 2. The van der Waals surface area contributed by atoms with Gasteiger partial charge >= 0.3 is 6.03 Å². The summed E-state index contributed by atoms with van der Waals surface area (Å²) in [5.41, 5.74) is 2.34. The molecule has 1 aromatic carbocycles. The van der Waals surface area contributed by atoms with Crippen molar-refractivity contribution >= 4 is 11.7 Å². The van der Waals surface area contributed by atoms with E-state index in [2.05, 4.69) is 24.5 Å². The Morgan fingerprint density at radius 3 is 2.05 bits per heavy atom. The van der Waals surface area contributed by atoms with E-state index in [-0.39, 0.29) is 12.6 Å². The average Bonchev–Trinajstić information content (AvgIpc) is 2.52. The summed E-state index contributed by atoms with van der Waals surface area (Å²) in [7, 11) is 0. The maximum Gasteiger partial charge on any atom is 0.319 e. The molecule has 0 heterocycles. The van der Waals surface area contributed by atoms with Gasteiger partial charge in [-0.25, -0.2) is 4.79 Å². The molecule has 0 aliphatic carbocycles. The SMILES string of the molecule is CCc1cccc(CC)c1NC(=O)NCC(O)(CC)CC. The molecule has 0 saturated carbocycles. The van der Waals surface area contributed by atoms with Crippen LogP contribution < -0.4 is 10.6 Å². The summed E-state index contributed by atoms with van der Waals surface area (Å²) in [5.74, 6) is 0. The number of amides is 2. The highest BCUT2D eigenvalue weighted by molar-refractivity contribution is 5.91. The van der Waals surface area contributed by atoms with E-state index in [0.29, 0.717) is 12.8 Å². The fourth-order valence-electron chi connectivity index (χ4n) is 2.31. The van der Waals surface area contributed by atoms with Gasteiger partial charge in [-0.15, -0.1) is 0 Å². The van der Waals surface area contributed by atoms with E-state index in [1.54, 1.807) is 0 Å². The van der Waals surface area contributed by atoms with Crippen LogP contribution in [0.4, 0.5) is 10.5 Å². The van der Waals surface area contributed by atoms with E-state index in [1.165, 1.54) is 0 Å². The minimum absolute atomic E-state index is 0.258. The minimum atomic E-state index is -0.824. The number of nitrogens with one attached hydrogen (secondary N) is 2. The molecule has 0 spiro atoms. The van der Waals surface area contributed by atoms with Crippen molar-refractivity contribution in [2.45, 2.75) is 59.0 Å². The Bertz CT molecular complexity index is 446. The Labute approximate surface area is 128 Å². The first-order valence-corrected chi connectivity index (χ1v) is 7.87. The topological polar surface area (TPSA) is 61.4 Å². The Balaban J connectivity index is 2.75. The zero-order valence-corrected chi connectivity index (χ0v) is 13.6. The molecule has 21 heavy (non-hydrogen) atoms. The molecule has 1 aromatic rings. The number of urea groups is 1.